The lowest BCUT2D eigenvalue weighted by Gasteiger charge is -2.41. The zero-order valence-corrected chi connectivity index (χ0v) is 18.3. The number of hydrogen-bond acceptors (Lipinski definition) is 8. The minimum absolute atomic E-state index is 0.0334. The van der Waals surface area contributed by atoms with Gasteiger partial charge in [0.1, 0.15) is 12.4 Å². The van der Waals surface area contributed by atoms with Gasteiger partial charge < -0.3 is 24.8 Å². The maximum atomic E-state index is 11.7. The molecule has 0 radical (unpaired) electrons. The topological polar surface area (TPSA) is 103 Å². The number of hydrogen-bond donors (Lipinski definition) is 2. The molecule has 2 bridgehead atoms. The summed E-state index contributed by atoms with van der Waals surface area (Å²) < 4.78 is 11.6. The molecule has 3 fully saturated rings. The number of amides is 1. The third kappa shape index (κ3) is 3.92. The summed E-state index contributed by atoms with van der Waals surface area (Å²) in [7, 11) is 3.85. The predicted molar refractivity (Wildman–Crippen MR) is 114 cm³/mol. The van der Waals surface area contributed by atoms with E-state index in [-0.39, 0.29) is 24.2 Å². The van der Waals surface area contributed by atoms with Crippen LogP contribution in [0.15, 0.2) is 0 Å². The molecule has 1 aromatic rings. The highest BCUT2D eigenvalue weighted by atomic mass is 16.5. The summed E-state index contributed by atoms with van der Waals surface area (Å²) in [5.41, 5.74) is 2.17. The number of carboxylic acid groups (broad SMARTS) is 1. The summed E-state index contributed by atoms with van der Waals surface area (Å²) in [6.45, 7) is 4.40. The van der Waals surface area contributed by atoms with Gasteiger partial charge in [0.2, 0.25) is 0 Å². The lowest BCUT2D eigenvalue weighted by Crippen LogP contribution is -2.56. The maximum absolute atomic E-state index is 11.7. The molecule has 0 aliphatic carbocycles. The zero-order valence-electron chi connectivity index (χ0n) is 18.3. The molecule has 10 nitrogen and oxygen atoms in total. The Bertz CT molecular complexity index is 824. The highest BCUT2D eigenvalue weighted by Crippen LogP contribution is 2.35. The van der Waals surface area contributed by atoms with Gasteiger partial charge in [0.05, 0.1) is 23.9 Å². The molecule has 5 rings (SSSR count). The number of likely N-dealkylation sites (tertiary alicyclic amines) is 1. The number of carbonyl (C=O) groups is 1. The van der Waals surface area contributed by atoms with Crippen molar-refractivity contribution in [1.82, 2.24) is 25.1 Å². The molecule has 4 atom stereocenters. The van der Waals surface area contributed by atoms with E-state index in [9.17, 15) is 9.90 Å². The normalized spacial score (nSPS) is 30.5. The first kappa shape index (κ1) is 20.7. The van der Waals surface area contributed by atoms with Crippen LogP contribution in [0.25, 0.3) is 0 Å². The smallest absolute Gasteiger partial charge is 0.407 e. The van der Waals surface area contributed by atoms with Crippen molar-refractivity contribution in [3.63, 3.8) is 0 Å². The van der Waals surface area contributed by atoms with Gasteiger partial charge in [-0.05, 0) is 39.3 Å². The van der Waals surface area contributed by atoms with Crippen molar-refractivity contribution in [3.05, 3.63) is 11.3 Å². The van der Waals surface area contributed by atoms with Gasteiger partial charge in [0.25, 0.3) is 0 Å². The van der Waals surface area contributed by atoms with Gasteiger partial charge in [-0.15, -0.1) is 0 Å². The summed E-state index contributed by atoms with van der Waals surface area (Å²) in [5.74, 6) is 0.929. The average Bonchev–Trinajstić information content (AvgIpc) is 3.27. The summed E-state index contributed by atoms with van der Waals surface area (Å²) in [4.78, 5) is 27.4. The van der Waals surface area contributed by atoms with E-state index in [0.29, 0.717) is 32.3 Å². The van der Waals surface area contributed by atoms with E-state index >= 15 is 0 Å². The van der Waals surface area contributed by atoms with Crippen molar-refractivity contribution < 1.29 is 19.4 Å². The highest BCUT2D eigenvalue weighted by Gasteiger charge is 2.43. The average molecular weight is 433 g/mol. The Kier molecular flexibility index (Phi) is 5.61. The molecule has 5 heterocycles. The number of nitrogens with zero attached hydrogens (tertiary/aromatic N) is 5. The number of ether oxygens (including phenoxy) is 2. The third-order valence-corrected chi connectivity index (χ3v) is 7.29. The summed E-state index contributed by atoms with van der Waals surface area (Å²) >= 11 is 0. The quantitative estimate of drug-likeness (QED) is 0.690. The predicted octanol–water partition coefficient (Wildman–Crippen LogP) is 0.551. The number of rotatable bonds is 5. The van der Waals surface area contributed by atoms with E-state index in [0.717, 1.165) is 50.3 Å². The minimum atomic E-state index is -0.805. The summed E-state index contributed by atoms with van der Waals surface area (Å²) in [6.07, 6.45) is 3.08. The fourth-order valence-corrected chi connectivity index (χ4v) is 5.60. The van der Waals surface area contributed by atoms with Crippen LogP contribution in [0.3, 0.4) is 0 Å². The number of piperazine rings is 1. The van der Waals surface area contributed by atoms with Gasteiger partial charge in [-0.25, -0.2) is 4.79 Å². The standard InChI is InChI=1S/C21H32N6O4/c1-25-11-16(30-2)7-15(25)12-31-20-23-18-8-22-6-5-17(18)19(24-20)26-9-13-3-4-14(10-26)27(13)21(28)29/h13-16,22H,3-12H2,1-2H3,(H,28,29)/t13-,14+,15-,16+/m0/s1. The monoisotopic (exact) mass is 432 g/mol. The van der Waals surface area contributed by atoms with E-state index in [1.807, 2.05) is 0 Å². The highest BCUT2D eigenvalue weighted by molar-refractivity contribution is 5.67. The number of anilines is 1. The Hall–Kier alpha value is -2.17. The van der Waals surface area contributed by atoms with Crippen molar-refractivity contribution in [2.24, 2.45) is 0 Å². The van der Waals surface area contributed by atoms with Crippen LogP contribution in [-0.4, -0.2) is 102 Å². The first-order valence-corrected chi connectivity index (χ1v) is 11.3. The molecule has 1 amide bonds. The van der Waals surface area contributed by atoms with E-state index in [1.54, 1.807) is 12.0 Å². The fraction of sp³-hybridized carbons (Fsp3) is 0.762. The fourth-order valence-electron chi connectivity index (χ4n) is 5.60. The van der Waals surface area contributed by atoms with Crippen LogP contribution in [-0.2, 0) is 17.7 Å². The molecular formula is C21H32N6O4. The number of likely N-dealkylation sites (N-methyl/N-ethyl adjacent to an activating group) is 1. The Morgan fingerprint density at radius 1 is 1.23 bits per heavy atom. The molecule has 0 aromatic carbocycles. The second-order valence-electron chi connectivity index (χ2n) is 9.16. The van der Waals surface area contributed by atoms with Crippen molar-refractivity contribution >= 4 is 11.9 Å². The van der Waals surface area contributed by atoms with Crippen molar-refractivity contribution in [2.45, 2.75) is 56.5 Å². The minimum Gasteiger partial charge on any atom is -0.465 e. The molecule has 10 heteroatoms. The van der Waals surface area contributed by atoms with Crippen LogP contribution in [0.5, 0.6) is 6.01 Å². The SMILES string of the molecule is CO[C@@H]1C[C@@H](COc2nc3c(c(N4C[C@H]5CC[C@@H](C4)N5C(=O)O)n2)CCNC3)N(C)C1. The second kappa shape index (κ2) is 8.40. The first-order valence-electron chi connectivity index (χ1n) is 11.3. The molecule has 4 aliphatic heterocycles. The van der Waals surface area contributed by atoms with E-state index in [1.165, 1.54) is 5.56 Å². The van der Waals surface area contributed by atoms with Crippen LogP contribution < -0.4 is 15.0 Å². The molecule has 4 aliphatic rings. The number of methoxy groups -OCH3 is 1. The first-order chi connectivity index (χ1) is 15.0. The van der Waals surface area contributed by atoms with Crippen LogP contribution in [0, 0.1) is 0 Å². The lowest BCUT2D eigenvalue weighted by atomic mass is 10.1. The molecule has 3 saturated heterocycles. The van der Waals surface area contributed by atoms with Gasteiger partial charge in [-0.3, -0.25) is 9.80 Å². The third-order valence-electron chi connectivity index (χ3n) is 7.29. The molecule has 0 saturated carbocycles. The molecule has 0 spiro atoms. The van der Waals surface area contributed by atoms with Gasteiger partial charge in [0, 0.05) is 44.9 Å². The van der Waals surface area contributed by atoms with Crippen molar-refractivity contribution in [2.75, 3.05) is 51.8 Å². The van der Waals surface area contributed by atoms with Crippen molar-refractivity contribution in [1.29, 1.82) is 0 Å². The van der Waals surface area contributed by atoms with Gasteiger partial charge in [-0.1, -0.05) is 0 Å². The molecule has 2 N–H and O–H groups in total. The van der Waals surface area contributed by atoms with E-state index < -0.39 is 6.09 Å². The Morgan fingerprint density at radius 3 is 2.68 bits per heavy atom. The molecule has 170 valence electrons. The molecule has 0 unspecified atom stereocenters. The largest absolute Gasteiger partial charge is 0.465 e. The van der Waals surface area contributed by atoms with Crippen LogP contribution >= 0.6 is 0 Å². The number of nitrogens with one attached hydrogen (secondary N) is 1. The van der Waals surface area contributed by atoms with Gasteiger partial charge in [-0.2, -0.15) is 9.97 Å². The molecule has 1 aromatic heterocycles. The van der Waals surface area contributed by atoms with Gasteiger partial charge in [0.15, 0.2) is 0 Å². The molecule has 31 heavy (non-hydrogen) atoms. The van der Waals surface area contributed by atoms with Crippen LogP contribution in [0.2, 0.25) is 0 Å². The van der Waals surface area contributed by atoms with Crippen LogP contribution in [0.1, 0.15) is 30.5 Å². The Labute approximate surface area is 182 Å². The second-order valence-corrected chi connectivity index (χ2v) is 9.16. The number of aromatic nitrogens is 2. The summed E-state index contributed by atoms with van der Waals surface area (Å²) in [5, 5.41) is 13.0. The Balaban J connectivity index is 1.36. The summed E-state index contributed by atoms with van der Waals surface area (Å²) in [6, 6.07) is 0.762. The number of fused-ring (bicyclic) bond motifs is 3. The van der Waals surface area contributed by atoms with E-state index in [4.69, 9.17) is 19.4 Å². The lowest BCUT2D eigenvalue weighted by molar-refractivity contribution is 0.111. The zero-order chi connectivity index (χ0) is 21.5. The van der Waals surface area contributed by atoms with Gasteiger partial charge >= 0.3 is 12.1 Å². The van der Waals surface area contributed by atoms with E-state index in [2.05, 4.69) is 22.2 Å². The van der Waals surface area contributed by atoms with Crippen molar-refractivity contribution in [3.8, 4) is 6.01 Å². The molecular weight excluding hydrogens is 400 g/mol. The van der Waals surface area contributed by atoms with Crippen LogP contribution in [0.4, 0.5) is 10.6 Å². The Morgan fingerprint density at radius 2 is 2.00 bits per heavy atom. The maximum Gasteiger partial charge on any atom is 0.407 e.